The molecule has 0 aliphatic heterocycles. The van der Waals surface area contributed by atoms with E-state index in [2.05, 4.69) is 27.4 Å². The maximum Gasteiger partial charge on any atom is 0.330 e. The molecule has 0 saturated heterocycles. The summed E-state index contributed by atoms with van der Waals surface area (Å²) in [4.78, 5) is 10.8. The molecule has 0 aromatic carbocycles. The molecule has 0 radical (unpaired) electrons. The third kappa shape index (κ3) is 18.3. The number of carboxylic acid groups (broad SMARTS) is 1. The number of hydrogen-bond donors (Lipinski definition) is 1. The molecule has 0 aliphatic carbocycles. The summed E-state index contributed by atoms with van der Waals surface area (Å²) in [6, 6.07) is 0. The van der Waals surface area contributed by atoms with Crippen LogP contribution in [-0.4, -0.2) is 11.1 Å². The largest absolute Gasteiger partial charge is 0.478 e. The van der Waals surface area contributed by atoms with Crippen molar-refractivity contribution >= 4 is 5.97 Å². The average molecular weight is 381 g/mol. The van der Waals surface area contributed by atoms with Gasteiger partial charge in [0.25, 0.3) is 0 Å². The summed E-state index contributed by atoms with van der Waals surface area (Å²) in [5.74, 6) is 0.274. The molecule has 0 fully saturated rings. The first-order valence-corrected chi connectivity index (χ1v) is 11.9. The van der Waals surface area contributed by atoms with Crippen molar-refractivity contribution in [1.29, 1.82) is 0 Å². The maximum atomic E-state index is 10.8. The van der Waals surface area contributed by atoms with Crippen molar-refractivity contribution in [2.45, 2.75) is 130 Å². The van der Waals surface area contributed by atoms with E-state index in [-0.39, 0.29) is 0 Å². The monoisotopic (exact) mass is 380 g/mol. The zero-order chi connectivity index (χ0) is 20.3. The Morgan fingerprint density at radius 3 is 1.56 bits per heavy atom. The topological polar surface area (TPSA) is 37.3 Å². The van der Waals surface area contributed by atoms with Gasteiger partial charge in [-0.05, 0) is 24.7 Å². The average Bonchev–Trinajstić information content (AvgIpc) is 2.61. The standard InChI is InChI=1S/C25H48O2/c1-5-6-7-8-9-10-11-12-13-14-15-16-17-18-19-22(2)20-23(3)21-24(4)25(26)27/h22-23H,4-21H2,1-3H3,(H,26,27). The predicted molar refractivity (Wildman–Crippen MR) is 119 cm³/mol. The minimum Gasteiger partial charge on any atom is -0.478 e. The molecule has 1 N–H and O–H groups in total. The fraction of sp³-hybridized carbons (Fsp3) is 0.880. The summed E-state index contributed by atoms with van der Waals surface area (Å²) in [7, 11) is 0. The lowest BCUT2D eigenvalue weighted by Gasteiger charge is -2.17. The van der Waals surface area contributed by atoms with E-state index in [0.717, 1.165) is 6.42 Å². The van der Waals surface area contributed by atoms with Crippen LogP contribution in [0.15, 0.2) is 12.2 Å². The van der Waals surface area contributed by atoms with Gasteiger partial charge in [0.2, 0.25) is 0 Å². The predicted octanol–water partition coefficient (Wildman–Crippen LogP) is 8.55. The van der Waals surface area contributed by atoms with Crippen LogP contribution in [0.5, 0.6) is 0 Å². The van der Waals surface area contributed by atoms with Crippen LogP contribution in [0.2, 0.25) is 0 Å². The van der Waals surface area contributed by atoms with Crippen molar-refractivity contribution in [2.75, 3.05) is 0 Å². The van der Waals surface area contributed by atoms with E-state index >= 15 is 0 Å². The zero-order valence-corrected chi connectivity index (χ0v) is 18.7. The van der Waals surface area contributed by atoms with Gasteiger partial charge in [-0.25, -0.2) is 4.79 Å². The fourth-order valence-corrected chi connectivity index (χ4v) is 4.08. The Bertz CT molecular complexity index is 361. The SMILES string of the molecule is C=C(CC(C)CC(C)CCCCCCCCCCCCCCCC)C(=O)O. The lowest BCUT2D eigenvalue weighted by molar-refractivity contribution is -0.132. The Balaban J connectivity index is 3.34. The normalized spacial score (nSPS) is 13.4. The smallest absolute Gasteiger partial charge is 0.330 e. The minimum atomic E-state index is -0.846. The molecule has 2 heteroatoms. The van der Waals surface area contributed by atoms with Crippen LogP contribution in [-0.2, 0) is 4.79 Å². The second kappa shape index (κ2) is 18.6. The highest BCUT2D eigenvalue weighted by Crippen LogP contribution is 2.23. The molecule has 27 heavy (non-hydrogen) atoms. The van der Waals surface area contributed by atoms with Gasteiger partial charge in [0.1, 0.15) is 0 Å². The molecule has 0 spiro atoms. The Kier molecular flexibility index (Phi) is 18.0. The van der Waals surface area contributed by atoms with Gasteiger partial charge in [-0.1, -0.05) is 124 Å². The lowest BCUT2D eigenvalue weighted by Crippen LogP contribution is -2.08. The Morgan fingerprint density at radius 2 is 1.15 bits per heavy atom. The second-order valence-corrected chi connectivity index (χ2v) is 8.94. The zero-order valence-electron chi connectivity index (χ0n) is 18.7. The third-order valence-corrected chi connectivity index (χ3v) is 5.75. The van der Waals surface area contributed by atoms with Crippen LogP contribution >= 0.6 is 0 Å². The van der Waals surface area contributed by atoms with E-state index < -0.39 is 5.97 Å². The van der Waals surface area contributed by atoms with Gasteiger partial charge in [-0.2, -0.15) is 0 Å². The van der Waals surface area contributed by atoms with Crippen molar-refractivity contribution in [3.05, 3.63) is 12.2 Å². The van der Waals surface area contributed by atoms with E-state index in [1.807, 2.05) is 0 Å². The molecule has 0 rings (SSSR count). The van der Waals surface area contributed by atoms with Crippen LogP contribution in [0.1, 0.15) is 130 Å². The van der Waals surface area contributed by atoms with Crippen molar-refractivity contribution < 1.29 is 9.90 Å². The van der Waals surface area contributed by atoms with Gasteiger partial charge in [0.15, 0.2) is 0 Å². The molecule has 160 valence electrons. The molecule has 0 bridgehead atoms. The summed E-state index contributed by atoms with van der Waals surface area (Å²) >= 11 is 0. The molecule has 2 nitrogen and oxygen atoms in total. The number of carboxylic acids is 1. The highest BCUT2D eigenvalue weighted by molar-refractivity contribution is 5.85. The Morgan fingerprint density at radius 1 is 0.741 bits per heavy atom. The van der Waals surface area contributed by atoms with Crippen molar-refractivity contribution in [3.63, 3.8) is 0 Å². The number of unbranched alkanes of at least 4 members (excludes halogenated alkanes) is 13. The molecule has 0 aromatic rings. The molecular formula is C25H48O2. The fourth-order valence-electron chi connectivity index (χ4n) is 4.08. The highest BCUT2D eigenvalue weighted by atomic mass is 16.4. The number of hydrogen-bond acceptors (Lipinski definition) is 1. The first-order chi connectivity index (χ1) is 13.0. The first-order valence-electron chi connectivity index (χ1n) is 11.9. The summed E-state index contributed by atoms with van der Waals surface area (Å²) in [6.45, 7) is 10.4. The lowest BCUT2D eigenvalue weighted by atomic mass is 9.89. The van der Waals surface area contributed by atoms with Crippen molar-refractivity contribution in [2.24, 2.45) is 11.8 Å². The molecule has 0 amide bonds. The maximum absolute atomic E-state index is 10.8. The van der Waals surface area contributed by atoms with Crippen LogP contribution in [0, 0.1) is 11.8 Å². The van der Waals surface area contributed by atoms with Crippen molar-refractivity contribution in [1.82, 2.24) is 0 Å². The number of carbonyl (C=O) groups is 1. The minimum absolute atomic E-state index is 0.353. The summed E-state index contributed by atoms with van der Waals surface area (Å²) < 4.78 is 0. The van der Waals surface area contributed by atoms with E-state index in [4.69, 9.17) is 5.11 Å². The summed E-state index contributed by atoms with van der Waals surface area (Å²) in [5.41, 5.74) is 0.353. The molecule has 2 unspecified atom stereocenters. The van der Waals surface area contributed by atoms with Crippen LogP contribution in [0.25, 0.3) is 0 Å². The van der Waals surface area contributed by atoms with Gasteiger partial charge < -0.3 is 5.11 Å². The molecular weight excluding hydrogens is 332 g/mol. The number of aliphatic carboxylic acids is 1. The Hall–Kier alpha value is -0.790. The van der Waals surface area contributed by atoms with E-state index in [1.54, 1.807) is 0 Å². The van der Waals surface area contributed by atoms with Crippen LogP contribution in [0.4, 0.5) is 0 Å². The summed E-state index contributed by atoms with van der Waals surface area (Å²) in [5, 5.41) is 8.91. The van der Waals surface area contributed by atoms with Gasteiger partial charge in [-0.15, -0.1) is 0 Å². The number of rotatable bonds is 20. The van der Waals surface area contributed by atoms with Gasteiger partial charge in [-0.3, -0.25) is 0 Å². The third-order valence-electron chi connectivity index (χ3n) is 5.75. The van der Waals surface area contributed by atoms with E-state index in [1.165, 1.54) is 96.3 Å². The van der Waals surface area contributed by atoms with Crippen LogP contribution in [0.3, 0.4) is 0 Å². The summed E-state index contributed by atoms with van der Waals surface area (Å²) in [6.07, 6.45) is 22.7. The molecule has 0 aromatic heterocycles. The highest BCUT2D eigenvalue weighted by Gasteiger charge is 2.13. The molecule has 0 aliphatic rings. The molecule has 0 heterocycles. The first kappa shape index (κ1) is 26.2. The van der Waals surface area contributed by atoms with Gasteiger partial charge in [0, 0.05) is 5.57 Å². The van der Waals surface area contributed by atoms with E-state index in [9.17, 15) is 4.79 Å². The van der Waals surface area contributed by atoms with Gasteiger partial charge >= 0.3 is 5.97 Å². The second-order valence-electron chi connectivity index (χ2n) is 8.94. The molecule has 2 atom stereocenters. The Labute approximate surface area is 170 Å². The van der Waals surface area contributed by atoms with E-state index in [0.29, 0.717) is 23.8 Å². The van der Waals surface area contributed by atoms with Gasteiger partial charge in [0.05, 0.1) is 0 Å². The van der Waals surface area contributed by atoms with Crippen molar-refractivity contribution in [3.8, 4) is 0 Å². The molecule has 0 saturated carbocycles. The quantitative estimate of drug-likeness (QED) is 0.170. The van der Waals surface area contributed by atoms with Crippen LogP contribution < -0.4 is 0 Å².